The number of hydrogen-bond acceptors (Lipinski definition) is 5. The van der Waals surface area contributed by atoms with Crippen molar-refractivity contribution in [1.29, 1.82) is 0 Å². The number of carbonyl (C=O) groups excluding carboxylic acids is 2. The van der Waals surface area contributed by atoms with Crippen LogP contribution in [0.2, 0.25) is 0 Å². The van der Waals surface area contributed by atoms with E-state index in [1.54, 1.807) is 25.1 Å². The normalized spacial score (nSPS) is 13.2. The third-order valence-corrected chi connectivity index (χ3v) is 3.85. The van der Waals surface area contributed by atoms with Gasteiger partial charge in [0.05, 0.1) is 13.7 Å². The third kappa shape index (κ3) is 6.02. The summed E-state index contributed by atoms with van der Waals surface area (Å²) in [6.07, 6.45) is 1.43. The SMILES string of the molecule is CCCO[C@@](C)(CC(C)C)C(=O)Nc1ccc(OCC)c(C(=O)OC)c1. The third-order valence-electron chi connectivity index (χ3n) is 3.85. The summed E-state index contributed by atoms with van der Waals surface area (Å²) in [5, 5.41) is 2.86. The molecule has 1 aromatic carbocycles. The number of amides is 1. The summed E-state index contributed by atoms with van der Waals surface area (Å²) >= 11 is 0. The Hall–Kier alpha value is -2.08. The summed E-state index contributed by atoms with van der Waals surface area (Å²) in [7, 11) is 1.31. The lowest BCUT2D eigenvalue weighted by atomic mass is 9.93. The minimum atomic E-state index is -0.936. The molecule has 26 heavy (non-hydrogen) atoms. The molecule has 0 heterocycles. The van der Waals surface area contributed by atoms with Crippen LogP contribution in [0.4, 0.5) is 5.69 Å². The Kier molecular flexibility index (Phi) is 8.58. The van der Waals surface area contributed by atoms with E-state index < -0.39 is 11.6 Å². The van der Waals surface area contributed by atoms with Gasteiger partial charge >= 0.3 is 5.97 Å². The standard InChI is InChI=1S/C20H31NO5/c1-7-11-26-20(5,13-14(3)4)19(23)21-15-9-10-17(25-8-2)16(12-15)18(22)24-6/h9-10,12,14H,7-8,11,13H2,1-6H3,(H,21,23)/t20-/m0/s1. The van der Waals surface area contributed by atoms with Crippen molar-refractivity contribution in [3.05, 3.63) is 23.8 Å². The molecule has 1 N–H and O–H groups in total. The Bertz CT molecular complexity index is 614. The Labute approximate surface area is 156 Å². The van der Waals surface area contributed by atoms with E-state index in [4.69, 9.17) is 14.2 Å². The lowest BCUT2D eigenvalue weighted by Crippen LogP contribution is -2.44. The number of carbonyl (C=O) groups is 2. The molecule has 1 aromatic rings. The molecule has 0 aliphatic rings. The number of rotatable bonds is 10. The Morgan fingerprint density at radius 1 is 1.23 bits per heavy atom. The van der Waals surface area contributed by atoms with Gasteiger partial charge in [0, 0.05) is 12.3 Å². The topological polar surface area (TPSA) is 73.9 Å². The smallest absolute Gasteiger partial charge is 0.341 e. The molecule has 0 aromatic heterocycles. The molecule has 6 nitrogen and oxygen atoms in total. The van der Waals surface area contributed by atoms with Gasteiger partial charge in [0.2, 0.25) is 0 Å². The number of ether oxygens (including phenoxy) is 3. The Morgan fingerprint density at radius 2 is 1.92 bits per heavy atom. The predicted molar refractivity (Wildman–Crippen MR) is 102 cm³/mol. The van der Waals surface area contributed by atoms with Crippen LogP contribution in [0.5, 0.6) is 5.75 Å². The van der Waals surface area contributed by atoms with Crippen molar-refractivity contribution in [2.75, 3.05) is 25.6 Å². The molecule has 0 saturated carbocycles. The van der Waals surface area contributed by atoms with Gasteiger partial charge in [-0.3, -0.25) is 4.79 Å². The first kappa shape index (κ1) is 22.0. The maximum Gasteiger partial charge on any atom is 0.341 e. The van der Waals surface area contributed by atoms with Crippen molar-refractivity contribution in [1.82, 2.24) is 0 Å². The highest BCUT2D eigenvalue weighted by atomic mass is 16.5. The van der Waals surface area contributed by atoms with Crippen LogP contribution in [0.15, 0.2) is 18.2 Å². The first-order chi connectivity index (χ1) is 12.3. The summed E-state index contributed by atoms with van der Waals surface area (Å²) in [5.41, 5.74) is -0.171. The zero-order valence-electron chi connectivity index (χ0n) is 16.7. The van der Waals surface area contributed by atoms with E-state index in [0.29, 0.717) is 37.0 Å². The Morgan fingerprint density at radius 3 is 2.46 bits per heavy atom. The summed E-state index contributed by atoms with van der Waals surface area (Å²) in [6.45, 7) is 10.7. The van der Waals surface area contributed by atoms with Crippen molar-refractivity contribution in [3.8, 4) is 5.75 Å². The molecule has 6 heteroatoms. The molecule has 0 spiro atoms. The van der Waals surface area contributed by atoms with Crippen LogP contribution in [0.3, 0.4) is 0 Å². The van der Waals surface area contributed by atoms with E-state index in [9.17, 15) is 9.59 Å². The summed E-state index contributed by atoms with van der Waals surface area (Å²) in [6, 6.07) is 4.91. The number of esters is 1. The number of nitrogens with one attached hydrogen (secondary N) is 1. The highest BCUT2D eigenvalue weighted by Gasteiger charge is 2.35. The molecule has 1 amide bonds. The average molecular weight is 365 g/mol. The highest BCUT2D eigenvalue weighted by molar-refractivity contribution is 5.99. The predicted octanol–water partition coefficient (Wildman–Crippen LogP) is 4.04. The fraction of sp³-hybridized carbons (Fsp3) is 0.600. The Balaban J connectivity index is 3.07. The van der Waals surface area contributed by atoms with E-state index in [2.05, 4.69) is 5.32 Å². The fourth-order valence-corrected chi connectivity index (χ4v) is 2.75. The molecule has 0 aliphatic carbocycles. The van der Waals surface area contributed by atoms with Crippen LogP contribution < -0.4 is 10.1 Å². The fourth-order valence-electron chi connectivity index (χ4n) is 2.75. The zero-order valence-corrected chi connectivity index (χ0v) is 16.7. The molecule has 0 fully saturated rings. The van der Waals surface area contributed by atoms with Gasteiger partial charge in [-0.25, -0.2) is 4.79 Å². The maximum atomic E-state index is 12.9. The van der Waals surface area contributed by atoms with Crippen LogP contribution in [0.1, 0.15) is 57.8 Å². The molecular formula is C20H31NO5. The number of benzene rings is 1. The molecule has 0 bridgehead atoms. The first-order valence-electron chi connectivity index (χ1n) is 9.07. The minimum absolute atomic E-state index is 0.236. The summed E-state index contributed by atoms with van der Waals surface area (Å²) < 4.78 is 16.1. The van der Waals surface area contributed by atoms with Crippen LogP contribution in [0.25, 0.3) is 0 Å². The van der Waals surface area contributed by atoms with Gasteiger partial charge in [-0.05, 0) is 50.8 Å². The van der Waals surface area contributed by atoms with Crippen molar-refractivity contribution < 1.29 is 23.8 Å². The summed E-state index contributed by atoms with van der Waals surface area (Å²) in [5.74, 6) is -0.0329. The first-order valence-corrected chi connectivity index (χ1v) is 9.07. The molecule has 0 aliphatic heterocycles. The highest BCUT2D eigenvalue weighted by Crippen LogP contribution is 2.27. The van der Waals surface area contributed by atoms with Crippen LogP contribution >= 0.6 is 0 Å². The summed E-state index contributed by atoms with van der Waals surface area (Å²) in [4.78, 5) is 24.8. The second kappa shape index (κ2) is 10.2. The second-order valence-corrected chi connectivity index (χ2v) is 6.77. The van der Waals surface area contributed by atoms with E-state index in [1.807, 2.05) is 27.7 Å². The van der Waals surface area contributed by atoms with Gasteiger partial charge in [-0.2, -0.15) is 0 Å². The number of methoxy groups -OCH3 is 1. The van der Waals surface area contributed by atoms with Crippen LogP contribution in [-0.4, -0.2) is 37.8 Å². The quantitative estimate of drug-likeness (QED) is 0.633. The van der Waals surface area contributed by atoms with Gasteiger partial charge in [0.1, 0.15) is 16.9 Å². The molecule has 0 unspecified atom stereocenters. The maximum absolute atomic E-state index is 12.9. The minimum Gasteiger partial charge on any atom is -0.493 e. The largest absolute Gasteiger partial charge is 0.493 e. The van der Waals surface area contributed by atoms with Crippen LogP contribution in [-0.2, 0) is 14.3 Å². The molecule has 1 rings (SSSR count). The number of hydrogen-bond donors (Lipinski definition) is 1. The molecular weight excluding hydrogens is 334 g/mol. The lowest BCUT2D eigenvalue weighted by Gasteiger charge is -2.30. The van der Waals surface area contributed by atoms with Crippen molar-refractivity contribution >= 4 is 17.6 Å². The van der Waals surface area contributed by atoms with Gasteiger partial charge in [0.15, 0.2) is 0 Å². The zero-order chi connectivity index (χ0) is 19.7. The van der Waals surface area contributed by atoms with E-state index in [0.717, 1.165) is 6.42 Å². The number of anilines is 1. The van der Waals surface area contributed by atoms with Crippen molar-refractivity contribution in [2.45, 2.75) is 53.1 Å². The molecule has 1 atom stereocenters. The van der Waals surface area contributed by atoms with Gasteiger partial charge in [-0.1, -0.05) is 20.8 Å². The lowest BCUT2D eigenvalue weighted by molar-refractivity contribution is -0.141. The van der Waals surface area contributed by atoms with Crippen molar-refractivity contribution in [2.24, 2.45) is 5.92 Å². The molecule has 146 valence electrons. The van der Waals surface area contributed by atoms with E-state index in [1.165, 1.54) is 7.11 Å². The average Bonchev–Trinajstić information content (AvgIpc) is 2.60. The monoisotopic (exact) mass is 365 g/mol. The van der Waals surface area contributed by atoms with Crippen molar-refractivity contribution in [3.63, 3.8) is 0 Å². The van der Waals surface area contributed by atoms with E-state index >= 15 is 0 Å². The van der Waals surface area contributed by atoms with Gasteiger partial charge < -0.3 is 19.5 Å². The van der Waals surface area contributed by atoms with Gasteiger partial charge in [-0.15, -0.1) is 0 Å². The second-order valence-electron chi connectivity index (χ2n) is 6.77. The molecule has 0 radical (unpaired) electrons. The molecule has 0 saturated heterocycles. The van der Waals surface area contributed by atoms with Gasteiger partial charge in [0.25, 0.3) is 5.91 Å². The van der Waals surface area contributed by atoms with E-state index in [-0.39, 0.29) is 11.5 Å². The van der Waals surface area contributed by atoms with Crippen LogP contribution in [0, 0.1) is 5.92 Å².